The number of hydrogen-bond donors (Lipinski definition) is 2. The van der Waals surface area contributed by atoms with E-state index in [1.54, 1.807) is 0 Å². The summed E-state index contributed by atoms with van der Waals surface area (Å²) in [6.45, 7) is 2.54. The van der Waals surface area contributed by atoms with Crippen molar-refractivity contribution in [3.05, 3.63) is 29.3 Å². The third kappa shape index (κ3) is 3.42. The van der Waals surface area contributed by atoms with Gasteiger partial charge in [-0.05, 0) is 36.5 Å². The van der Waals surface area contributed by atoms with E-state index < -0.39 is 17.4 Å². The number of rotatable bonds is 6. The van der Waals surface area contributed by atoms with E-state index in [1.807, 2.05) is 0 Å². The number of nitrogens with one attached hydrogen (secondary N) is 1. The molecule has 4 heteroatoms. The summed E-state index contributed by atoms with van der Waals surface area (Å²) in [6, 6.07) is 2.75. The molecular formula is C14H19F2NO. The molecule has 1 atom stereocenters. The molecule has 1 fully saturated rings. The van der Waals surface area contributed by atoms with Gasteiger partial charge in [-0.3, -0.25) is 0 Å². The maximum Gasteiger partial charge on any atom is 0.187 e. The first-order valence-electron chi connectivity index (χ1n) is 6.50. The predicted octanol–water partition coefficient (Wildman–Crippen LogP) is 3.34. The monoisotopic (exact) mass is 255 g/mol. The third-order valence-electron chi connectivity index (χ3n) is 3.48. The van der Waals surface area contributed by atoms with Gasteiger partial charge in [0.25, 0.3) is 0 Å². The van der Waals surface area contributed by atoms with Gasteiger partial charge in [0.05, 0.1) is 0 Å². The van der Waals surface area contributed by atoms with E-state index in [-0.39, 0.29) is 0 Å². The molecule has 0 radical (unpaired) electrons. The van der Waals surface area contributed by atoms with Crippen LogP contribution in [0.5, 0.6) is 5.75 Å². The molecule has 2 N–H and O–H groups in total. The zero-order chi connectivity index (χ0) is 13.1. The Morgan fingerprint density at radius 1 is 1.33 bits per heavy atom. The number of hydrogen-bond acceptors (Lipinski definition) is 2. The van der Waals surface area contributed by atoms with Crippen molar-refractivity contribution in [2.75, 3.05) is 0 Å². The van der Waals surface area contributed by atoms with E-state index >= 15 is 0 Å². The topological polar surface area (TPSA) is 32.3 Å². The van der Waals surface area contributed by atoms with Crippen LogP contribution in [0.1, 0.15) is 38.2 Å². The molecule has 1 unspecified atom stereocenters. The second kappa shape index (κ2) is 5.65. The molecule has 0 amide bonds. The quantitative estimate of drug-likeness (QED) is 0.817. The van der Waals surface area contributed by atoms with E-state index in [1.165, 1.54) is 25.0 Å². The molecule has 0 aromatic heterocycles. The lowest BCUT2D eigenvalue weighted by Crippen LogP contribution is -2.28. The lowest BCUT2D eigenvalue weighted by molar-refractivity contribution is 0.393. The van der Waals surface area contributed by atoms with Gasteiger partial charge in [-0.25, -0.2) is 8.78 Å². The Bertz CT molecular complexity index is 395. The highest BCUT2D eigenvalue weighted by Crippen LogP contribution is 2.34. The third-order valence-corrected chi connectivity index (χ3v) is 3.48. The summed E-state index contributed by atoms with van der Waals surface area (Å²) in [4.78, 5) is 0. The number of halogens is 2. The van der Waals surface area contributed by atoms with Crippen LogP contribution in [0, 0.1) is 17.6 Å². The first-order chi connectivity index (χ1) is 8.60. The molecule has 0 aliphatic heterocycles. The second-order valence-electron chi connectivity index (χ2n) is 5.07. The number of aromatic hydroxyl groups is 1. The van der Waals surface area contributed by atoms with Crippen LogP contribution in [0.4, 0.5) is 8.78 Å². The number of phenols is 1. The van der Waals surface area contributed by atoms with Gasteiger partial charge in [0.15, 0.2) is 17.4 Å². The van der Waals surface area contributed by atoms with Crippen LogP contribution >= 0.6 is 0 Å². The van der Waals surface area contributed by atoms with E-state index in [4.69, 9.17) is 5.11 Å². The van der Waals surface area contributed by atoms with Crippen LogP contribution in [-0.2, 0) is 6.54 Å². The second-order valence-corrected chi connectivity index (χ2v) is 5.07. The van der Waals surface area contributed by atoms with Crippen LogP contribution < -0.4 is 5.32 Å². The molecule has 2 nitrogen and oxygen atoms in total. The van der Waals surface area contributed by atoms with Crippen LogP contribution in [0.3, 0.4) is 0 Å². The average Bonchev–Trinajstić information content (AvgIpc) is 3.15. The van der Waals surface area contributed by atoms with Crippen molar-refractivity contribution in [2.45, 2.75) is 45.2 Å². The zero-order valence-corrected chi connectivity index (χ0v) is 10.5. The van der Waals surface area contributed by atoms with Gasteiger partial charge < -0.3 is 10.4 Å². The molecule has 0 bridgehead atoms. The van der Waals surface area contributed by atoms with Crippen molar-refractivity contribution in [3.63, 3.8) is 0 Å². The Labute approximate surface area is 106 Å². The molecule has 1 aliphatic carbocycles. The minimum absolute atomic E-state index is 0.400. The van der Waals surface area contributed by atoms with Crippen molar-refractivity contribution < 1.29 is 13.9 Å². The first-order valence-corrected chi connectivity index (χ1v) is 6.50. The summed E-state index contributed by atoms with van der Waals surface area (Å²) in [6.07, 6.45) is 4.76. The maximum atomic E-state index is 13.1. The molecule has 0 heterocycles. The Morgan fingerprint density at radius 3 is 2.44 bits per heavy atom. The Kier molecular flexibility index (Phi) is 4.17. The normalized spacial score (nSPS) is 16.8. The summed E-state index contributed by atoms with van der Waals surface area (Å²) in [5.41, 5.74) is 0.525. The molecule has 18 heavy (non-hydrogen) atoms. The van der Waals surface area contributed by atoms with E-state index in [0.29, 0.717) is 18.2 Å². The Hall–Kier alpha value is -1.16. The highest BCUT2D eigenvalue weighted by atomic mass is 19.1. The van der Waals surface area contributed by atoms with E-state index in [2.05, 4.69) is 12.2 Å². The molecule has 1 aromatic rings. The molecular weight excluding hydrogens is 236 g/mol. The minimum Gasteiger partial charge on any atom is -0.503 e. The maximum absolute atomic E-state index is 13.1. The van der Waals surface area contributed by atoms with Crippen molar-refractivity contribution in [2.24, 2.45) is 5.92 Å². The smallest absolute Gasteiger partial charge is 0.187 e. The van der Waals surface area contributed by atoms with Crippen molar-refractivity contribution in [1.82, 2.24) is 5.32 Å². The lowest BCUT2D eigenvalue weighted by Gasteiger charge is -2.16. The fourth-order valence-electron chi connectivity index (χ4n) is 2.13. The summed E-state index contributed by atoms with van der Waals surface area (Å²) in [7, 11) is 0. The molecule has 1 saturated carbocycles. The minimum atomic E-state index is -0.901. The first kappa shape index (κ1) is 13.3. The predicted molar refractivity (Wildman–Crippen MR) is 66.3 cm³/mol. The average molecular weight is 255 g/mol. The van der Waals surface area contributed by atoms with Gasteiger partial charge in [-0.2, -0.15) is 0 Å². The fourth-order valence-corrected chi connectivity index (χ4v) is 2.13. The molecule has 1 aliphatic rings. The van der Waals surface area contributed by atoms with E-state index in [0.717, 1.165) is 18.8 Å². The van der Waals surface area contributed by atoms with Gasteiger partial charge in [-0.15, -0.1) is 0 Å². The van der Waals surface area contributed by atoms with Crippen molar-refractivity contribution in [3.8, 4) is 5.75 Å². The summed E-state index contributed by atoms with van der Waals surface area (Å²) in [5.74, 6) is -1.87. The van der Waals surface area contributed by atoms with Crippen LogP contribution in [0.25, 0.3) is 0 Å². The van der Waals surface area contributed by atoms with Crippen LogP contribution in [0.15, 0.2) is 12.1 Å². The highest BCUT2D eigenvalue weighted by molar-refractivity contribution is 5.29. The Morgan fingerprint density at radius 2 is 1.94 bits per heavy atom. The van der Waals surface area contributed by atoms with Crippen molar-refractivity contribution >= 4 is 0 Å². The van der Waals surface area contributed by atoms with Gasteiger partial charge >= 0.3 is 0 Å². The SMILES string of the molecule is CCC(CC1CC1)NCc1cc(F)c(O)c(F)c1. The van der Waals surface area contributed by atoms with Gasteiger partial charge in [-0.1, -0.05) is 19.8 Å². The van der Waals surface area contributed by atoms with Crippen LogP contribution in [0.2, 0.25) is 0 Å². The van der Waals surface area contributed by atoms with Gasteiger partial charge in [0.1, 0.15) is 0 Å². The van der Waals surface area contributed by atoms with Crippen molar-refractivity contribution in [1.29, 1.82) is 0 Å². The summed E-state index contributed by atoms with van der Waals surface area (Å²) in [5, 5.41) is 12.3. The fraction of sp³-hybridized carbons (Fsp3) is 0.571. The lowest BCUT2D eigenvalue weighted by atomic mass is 10.1. The molecule has 0 spiro atoms. The number of phenolic OH excluding ortho intramolecular Hbond substituents is 1. The van der Waals surface area contributed by atoms with Crippen LogP contribution in [-0.4, -0.2) is 11.1 Å². The molecule has 0 saturated heterocycles. The van der Waals surface area contributed by atoms with Gasteiger partial charge in [0.2, 0.25) is 0 Å². The number of benzene rings is 1. The summed E-state index contributed by atoms with van der Waals surface area (Å²) < 4.78 is 26.3. The Balaban J connectivity index is 1.91. The largest absolute Gasteiger partial charge is 0.503 e. The molecule has 1 aromatic carbocycles. The molecule has 2 rings (SSSR count). The standard InChI is InChI=1S/C14H19F2NO/c1-2-11(5-9-3-4-9)17-8-10-6-12(15)14(18)13(16)7-10/h6-7,9,11,17-18H,2-5,8H2,1H3. The summed E-state index contributed by atoms with van der Waals surface area (Å²) >= 11 is 0. The highest BCUT2D eigenvalue weighted by Gasteiger charge is 2.24. The van der Waals surface area contributed by atoms with Gasteiger partial charge in [0, 0.05) is 12.6 Å². The van der Waals surface area contributed by atoms with E-state index in [9.17, 15) is 8.78 Å². The molecule has 100 valence electrons. The zero-order valence-electron chi connectivity index (χ0n) is 10.5.